The summed E-state index contributed by atoms with van der Waals surface area (Å²) in [6.07, 6.45) is 4.82. The Morgan fingerprint density at radius 1 is 1.04 bits per heavy atom. The molecule has 27 heavy (non-hydrogen) atoms. The van der Waals surface area contributed by atoms with Crippen LogP contribution in [0.1, 0.15) is 36.1 Å². The van der Waals surface area contributed by atoms with Gasteiger partial charge < -0.3 is 5.32 Å². The first kappa shape index (κ1) is 20.0. The van der Waals surface area contributed by atoms with E-state index in [-0.39, 0.29) is 5.91 Å². The average molecular weight is 407 g/mol. The molecule has 0 unspecified atom stereocenters. The number of hydrogen-bond donors (Lipinski definition) is 1. The Morgan fingerprint density at radius 2 is 1.78 bits per heavy atom. The molecule has 1 aliphatic heterocycles. The van der Waals surface area contributed by atoms with Gasteiger partial charge >= 0.3 is 0 Å². The molecular weight excluding hydrogens is 380 g/mol. The monoisotopic (exact) mass is 406 g/mol. The molecule has 2 aromatic rings. The van der Waals surface area contributed by atoms with Gasteiger partial charge in [-0.3, -0.25) is 4.79 Å². The van der Waals surface area contributed by atoms with Crippen molar-refractivity contribution in [2.24, 2.45) is 0 Å². The molecule has 1 fully saturated rings. The first-order chi connectivity index (χ1) is 13.1. The van der Waals surface area contributed by atoms with E-state index in [2.05, 4.69) is 11.4 Å². The molecule has 1 N–H and O–H groups in total. The summed E-state index contributed by atoms with van der Waals surface area (Å²) in [5.41, 5.74) is 0.973. The van der Waals surface area contributed by atoms with E-state index in [0.717, 1.165) is 31.2 Å². The topological polar surface area (TPSA) is 66.5 Å². The Bertz CT molecular complexity index is 825. The van der Waals surface area contributed by atoms with E-state index >= 15 is 0 Å². The Balaban J connectivity index is 1.46. The predicted octanol–water partition coefficient (Wildman–Crippen LogP) is 3.21. The molecule has 1 aromatic carbocycles. The molecule has 1 saturated heterocycles. The Labute approximate surface area is 165 Å². The fraction of sp³-hybridized carbons (Fsp3) is 0.450. The number of carbonyl (C=O) groups is 1. The van der Waals surface area contributed by atoms with Crippen molar-refractivity contribution in [3.8, 4) is 0 Å². The van der Waals surface area contributed by atoms with Crippen molar-refractivity contribution in [1.82, 2.24) is 9.62 Å². The van der Waals surface area contributed by atoms with Crippen LogP contribution in [0.2, 0.25) is 0 Å². The van der Waals surface area contributed by atoms with Crippen LogP contribution in [-0.2, 0) is 27.7 Å². The lowest BCUT2D eigenvalue weighted by atomic mass is 10.1. The molecule has 1 aliphatic rings. The maximum Gasteiger partial charge on any atom is 0.243 e. The van der Waals surface area contributed by atoms with Gasteiger partial charge in [-0.1, -0.05) is 24.6 Å². The third kappa shape index (κ3) is 5.64. The fourth-order valence-electron chi connectivity index (χ4n) is 3.21. The lowest BCUT2D eigenvalue weighted by Gasteiger charge is -2.25. The zero-order valence-corrected chi connectivity index (χ0v) is 17.0. The molecule has 0 aliphatic carbocycles. The van der Waals surface area contributed by atoms with Gasteiger partial charge in [0, 0.05) is 30.9 Å². The minimum Gasteiger partial charge on any atom is -0.356 e. The summed E-state index contributed by atoms with van der Waals surface area (Å²) in [6, 6.07) is 11.0. The number of nitrogens with one attached hydrogen (secondary N) is 1. The molecule has 1 amide bonds. The number of amides is 1. The van der Waals surface area contributed by atoms with Crippen molar-refractivity contribution in [1.29, 1.82) is 0 Å². The van der Waals surface area contributed by atoms with Crippen LogP contribution in [0.15, 0.2) is 46.7 Å². The van der Waals surface area contributed by atoms with Crippen molar-refractivity contribution in [2.75, 3.05) is 19.6 Å². The van der Waals surface area contributed by atoms with Crippen molar-refractivity contribution >= 4 is 27.3 Å². The number of thiophene rings is 1. The van der Waals surface area contributed by atoms with Crippen LogP contribution in [0.25, 0.3) is 0 Å². The smallest absolute Gasteiger partial charge is 0.243 e. The van der Waals surface area contributed by atoms with Crippen molar-refractivity contribution in [3.05, 3.63) is 52.2 Å². The van der Waals surface area contributed by atoms with E-state index < -0.39 is 10.0 Å². The number of sulfonamides is 1. The number of rotatable bonds is 8. The second kappa shape index (κ2) is 9.48. The third-order valence-electron chi connectivity index (χ3n) is 4.79. The van der Waals surface area contributed by atoms with Gasteiger partial charge in [0.1, 0.15) is 0 Å². The van der Waals surface area contributed by atoms with Gasteiger partial charge in [0.25, 0.3) is 0 Å². The van der Waals surface area contributed by atoms with Crippen LogP contribution < -0.4 is 5.32 Å². The molecule has 7 heteroatoms. The van der Waals surface area contributed by atoms with Gasteiger partial charge in [0.2, 0.25) is 15.9 Å². The van der Waals surface area contributed by atoms with Gasteiger partial charge in [-0.2, -0.15) is 4.31 Å². The summed E-state index contributed by atoms with van der Waals surface area (Å²) >= 11 is 1.69. The summed E-state index contributed by atoms with van der Waals surface area (Å²) in [4.78, 5) is 13.6. The molecule has 1 aromatic heterocycles. The molecule has 146 valence electrons. The van der Waals surface area contributed by atoms with E-state index in [0.29, 0.717) is 37.4 Å². The highest BCUT2D eigenvalue weighted by Gasteiger charge is 2.25. The lowest BCUT2D eigenvalue weighted by molar-refractivity contribution is -0.121. The van der Waals surface area contributed by atoms with Crippen LogP contribution >= 0.6 is 11.3 Å². The number of aryl methyl sites for hydroxylation is 1. The van der Waals surface area contributed by atoms with Gasteiger partial charge in [-0.05, 0) is 54.8 Å². The van der Waals surface area contributed by atoms with Crippen molar-refractivity contribution in [3.63, 3.8) is 0 Å². The number of nitrogens with zero attached hydrogens (tertiary/aromatic N) is 1. The highest BCUT2D eigenvalue weighted by Crippen LogP contribution is 2.21. The maximum atomic E-state index is 12.6. The molecule has 0 atom stereocenters. The van der Waals surface area contributed by atoms with E-state index in [1.165, 1.54) is 4.88 Å². The zero-order valence-electron chi connectivity index (χ0n) is 15.4. The molecule has 2 heterocycles. The van der Waals surface area contributed by atoms with Crippen LogP contribution in [-0.4, -0.2) is 38.3 Å². The molecule has 5 nitrogen and oxygen atoms in total. The SMILES string of the molecule is O=C(CCc1ccc(S(=O)(=O)N2CCCCC2)cc1)NCCc1cccs1. The minimum atomic E-state index is -3.39. The highest BCUT2D eigenvalue weighted by molar-refractivity contribution is 7.89. The first-order valence-electron chi connectivity index (χ1n) is 9.44. The lowest BCUT2D eigenvalue weighted by Crippen LogP contribution is -2.35. The number of carbonyl (C=O) groups excluding carboxylic acids is 1. The van der Waals surface area contributed by atoms with Crippen LogP contribution in [0, 0.1) is 0 Å². The van der Waals surface area contributed by atoms with Gasteiger partial charge in [-0.15, -0.1) is 11.3 Å². The summed E-state index contributed by atoms with van der Waals surface area (Å²) < 4.78 is 26.9. The Kier molecular flexibility index (Phi) is 7.04. The summed E-state index contributed by atoms with van der Waals surface area (Å²) in [6.45, 7) is 1.86. The van der Waals surface area contributed by atoms with Crippen molar-refractivity contribution in [2.45, 2.75) is 43.4 Å². The first-order valence-corrected chi connectivity index (χ1v) is 11.8. The Morgan fingerprint density at radius 3 is 2.44 bits per heavy atom. The van der Waals surface area contributed by atoms with Gasteiger partial charge in [-0.25, -0.2) is 8.42 Å². The average Bonchev–Trinajstić information content (AvgIpc) is 3.21. The molecule has 3 rings (SSSR count). The normalized spacial score (nSPS) is 15.6. The predicted molar refractivity (Wildman–Crippen MR) is 108 cm³/mol. The minimum absolute atomic E-state index is 0.0246. The highest BCUT2D eigenvalue weighted by atomic mass is 32.2. The number of piperidine rings is 1. The van der Waals surface area contributed by atoms with E-state index in [1.54, 1.807) is 27.8 Å². The second-order valence-electron chi connectivity index (χ2n) is 6.79. The quantitative estimate of drug-likeness (QED) is 0.732. The molecule has 0 saturated carbocycles. The molecular formula is C20H26N2O3S2. The summed E-state index contributed by atoms with van der Waals surface area (Å²) in [5.74, 6) is 0.0246. The van der Waals surface area contributed by atoms with Crippen LogP contribution in [0.3, 0.4) is 0 Å². The van der Waals surface area contributed by atoms with Crippen LogP contribution in [0.5, 0.6) is 0 Å². The zero-order chi connectivity index (χ0) is 19.1. The van der Waals surface area contributed by atoms with Crippen molar-refractivity contribution < 1.29 is 13.2 Å². The Hall–Kier alpha value is -1.70. The molecule has 0 radical (unpaired) electrons. The van der Waals surface area contributed by atoms with E-state index in [9.17, 15) is 13.2 Å². The second-order valence-corrected chi connectivity index (χ2v) is 9.76. The largest absolute Gasteiger partial charge is 0.356 e. The summed E-state index contributed by atoms with van der Waals surface area (Å²) in [7, 11) is -3.39. The maximum absolute atomic E-state index is 12.6. The molecule has 0 spiro atoms. The van der Waals surface area contributed by atoms with E-state index in [1.807, 2.05) is 23.6 Å². The summed E-state index contributed by atoms with van der Waals surface area (Å²) in [5, 5.41) is 4.97. The number of benzene rings is 1. The van der Waals surface area contributed by atoms with Gasteiger partial charge in [0.05, 0.1) is 4.90 Å². The standard InChI is InChI=1S/C20H26N2O3S2/c23-20(21-13-12-18-5-4-16-26-18)11-8-17-6-9-19(10-7-17)27(24,25)22-14-2-1-3-15-22/h4-7,9-10,16H,1-3,8,11-15H2,(H,21,23). The van der Waals surface area contributed by atoms with Gasteiger partial charge in [0.15, 0.2) is 0 Å². The molecule has 0 bridgehead atoms. The fourth-order valence-corrected chi connectivity index (χ4v) is 5.43. The number of hydrogen-bond acceptors (Lipinski definition) is 4. The third-order valence-corrected chi connectivity index (χ3v) is 7.64. The van der Waals surface area contributed by atoms with Crippen LogP contribution in [0.4, 0.5) is 0 Å². The van der Waals surface area contributed by atoms with E-state index in [4.69, 9.17) is 0 Å².